The van der Waals surface area contributed by atoms with Gasteiger partial charge in [-0.1, -0.05) is 5.92 Å². The Balaban J connectivity index is 1.71. The summed E-state index contributed by atoms with van der Waals surface area (Å²) in [5, 5.41) is 22.2. The van der Waals surface area contributed by atoms with Crippen LogP contribution in [0, 0.1) is 12.3 Å². The molecule has 0 radical (unpaired) electrons. The SMILES string of the molecule is C#CC12OC3(CCCC3)OC1C(CO)OC2N1C=CC(=O)NC1O. The van der Waals surface area contributed by atoms with Gasteiger partial charge >= 0.3 is 0 Å². The van der Waals surface area contributed by atoms with Gasteiger partial charge in [0.1, 0.15) is 12.2 Å². The molecule has 0 aromatic heterocycles. The molecule has 24 heavy (non-hydrogen) atoms. The molecule has 3 aliphatic heterocycles. The molecule has 130 valence electrons. The maximum Gasteiger partial charge on any atom is 0.248 e. The molecule has 3 N–H and O–H groups in total. The van der Waals surface area contributed by atoms with E-state index in [2.05, 4.69) is 11.2 Å². The third kappa shape index (κ3) is 2.10. The van der Waals surface area contributed by atoms with Gasteiger partial charge in [-0.25, -0.2) is 0 Å². The summed E-state index contributed by atoms with van der Waals surface area (Å²) in [7, 11) is 0. The second kappa shape index (κ2) is 5.44. The van der Waals surface area contributed by atoms with Crippen molar-refractivity contribution < 1.29 is 29.2 Å². The van der Waals surface area contributed by atoms with Crippen molar-refractivity contribution in [1.82, 2.24) is 10.2 Å². The second-order valence-electron chi connectivity index (χ2n) is 6.55. The summed E-state index contributed by atoms with van der Waals surface area (Å²) >= 11 is 0. The molecule has 1 aliphatic carbocycles. The van der Waals surface area contributed by atoms with Gasteiger partial charge in [-0.2, -0.15) is 0 Å². The largest absolute Gasteiger partial charge is 0.394 e. The third-order valence-electron chi connectivity index (χ3n) is 5.12. The maximum atomic E-state index is 11.4. The Morgan fingerprint density at radius 3 is 2.83 bits per heavy atom. The minimum absolute atomic E-state index is 0.288. The fourth-order valence-electron chi connectivity index (χ4n) is 4.03. The normalized spacial score (nSPS) is 43.0. The lowest BCUT2D eigenvalue weighted by Gasteiger charge is -2.40. The summed E-state index contributed by atoms with van der Waals surface area (Å²) in [5.41, 5.74) is -1.27. The lowest BCUT2D eigenvalue weighted by molar-refractivity contribution is -0.241. The Labute approximate surface area is 139 Å². The van der Waals surface area contributed by atoms with E-state index in [0.29, 0.717) is 0 Å². The molecule has 1 saturated carbocycles. The van der Waals surface area contributed by atoms with Gasteiger partial charge < -0.3 is 34.6 Å². The van der Waals surface area contributed by atoms with Crippen LogP contribution in [0.4, 0.5) is 0 Å². The van der Waals surface area contributed by atoms with E-state index in [-0.39, 0.29) is 6.61 Å². The van der Waals surface area contributed by atoms with Crippen LogP contribution in [0.5, 0.6) is 0 Å². The molecule has 3 fully saturated rings. The highest BCUT2D eigenvalue weighted by molar-refractivity contribution is 5.88. The van der Waals surface area contributed by atoms with Crippen LogP contribution in [-0.2, 0) is 19.0 Å². The van der Waals surface area contributed by atoms with E-state index in [1.807, 2.05) is 0 Å². The zero-order chi connectivity index (χ0) is 16.9. The molecule has 0 bridgehead atoms. The van der Waals surface area contributed by atoms with E-state index < -0.39 is 42.1 Å². The average molecular weight is 336 g/mol. The third-order valence-corrected chi connectivity index (χ3v) is 5.12. The number of amides is 1. The van der Waals surface area contributed by atoms with Crippen LogP contribution in [-0.4, -0.2) is 63.8 Å². The number of carbonyl (C=O) groups excluding carboxylic acids is 1. The predicted molar refractivity (Wildman–Crippen MR) is 79.6 cm³/mol. The average Bonchev–Trinajstić information content (AvgIpc) is 3.22. The Bertz CT molecular complexity index is 610. The van der Waals surface area contributed by atoms with Gasteiger partial charge in [0, 0.05) is 25.1 Å². The Kier molecular flexibility index (Phi) is 3.60. The van der Waals surface area contributed by atoms with Crippen molar-refractivity contribution in [3.8, 4) is 12.3 Å². The molecule has 4 aliphatic rings. The summed E-state index contributed by atoms with van der Waals surface area (Å²) in [6.07, 6.45) is 8.38. The van der Waals surface area contributed by atoms with E-state index in [4.69, 9.17) is 20.6 Å². The number of terminal acetylenes is 1. The van der Waals surface area contributed by atoms with Gasteiger partial charge in [0.05, 0.1) is 6.61 Å². The van der Waals surface area contributed by atoms with Crippen LogP contribution in [0.1, 0.15) is 25.7 Å². The number of rotatable bonds is 2. The zero-order valence-electron chi connectivity index (χ0n) is 13.1. The highest BCUT2D eigenvalue weighted by atomic mass is 16.8. The topological polar surface area (TPSA) is 100 Å². The highest BCUT2D eigenvalue weighted by Crippen LogP contribution is 2.53. The Morgan fingerprint density at radius 2 is 2.21 bits per heavy atom. The summed E-state index contributed by atoms with van der Waals surface area (Å²) in [5.74, 6) is 1.47. The van der Waals surface area contributed by atoms with Gasteiger partial charge in [0.2, 0.25) is 17.9 Å². The van der Waals surface area contributed by atoms with Crippen molar-refractivity contribution in [3.63, 3.8) is 0 Å². The zero-order valence-corrected chi connectivity index (χ0v) is 13.1. The molecule has 2 saturated heterocycles. The first-order chi connectivity index (χ1) is 11.5. The molecule has 3 heterocycles. The molecule has 1 amide bonds. The quantitative estimate of drug-likeness (QED) is 0.555. The molecule has 4 rings (SSSR count). The van der Waals surface area contributed by atoms with Crippen LogP contribution in [0.25, 0.3) is 0 Å². The molecule has 8 nitrogen and oxygen atoms in total. The summed E-state index contributed by atoms with van der Waals surface area (Å²) in [6, 6.07) is 0. The second-order valence-corrected chi connectivity index (χ2v) is 6.55. The van der Waals surface area contributed by atoms with E-state index in [1.54, 1.807) is 0 Å². The molecule has 8 heteroatoms. The van der Waals surface area contributed by atoms with Crippen molar-refractivity contribution >= 4 is 5.91 Å². The fourth-order valence-corrected chi connectivity index (χ4v) is 4.03. The lowest BCUT2D eigenvalue weighted by Crippen LogP contribution is -2.60. The number of ether oxygens (including phenoxy) is 3. The molecule has 5 unspecified atom stereocenters. The first kappa shape index (κ1) is 15.9. The van der Waals surface area contributed by atoms with Crippen molar-refractivity contribution in [3.05, 3.63) is 12.3 Å². The first-order valence-electron chi connectivity index (χ1n) is 8.10. The smallest absolute Gasteiger partial charge is 0.248 e. The summed E-state index contributed by atoms with van der Waals surface area (Å²) < 4.78 is 18.2. The summed E-state index contributed by atoms with van der Waals surface area (Å²) in [4.78, 5) is 12.8. The van der Waals surface area contributed by atoms with E-state index in [9.17, 15) is 15.0 Å². The number of nitrogens with one attached hydrogen (secondary N) is 1. The molecule has 1 spiro atoms. The van der Waals surface area contributed by atoms with Crippen molar-refractivity contribution in [2.45, 2.75) is 61.9 Å². The monoisotopic (exact) mass is 336 g/mol. The van der Waals surface area contributed by atoms with Gasteiger partial charge in [-0.3, -0.25) is 4.79 Å². The van der Waals surface area contributed by atoms with Crippen molar-refractivity contribution in [2.75, 3.05) is 6.61 Å². The van der Waals surface area contributed by atoms with Crippen molar-refractivity contribution in [1.29, 1.82) is 0 Å². The molecular weight excluding hydrogens is 316 g/mol. The number of aliphatic hydroxyl groups is 2. The van der Waals surface area contributed by atoms with Gasteiger partial charge in [0.25, 0.3) is 0 Å². The minimum Gasteiger partial charge on any atom is -0.394 e. The van der Waals surface area contributed by atoms with Crippen LogP contribution >= 0.6 is 0 Å². The van der Waals surface area contributed by atoms with Gasteiger partial charge in [-0.15, -0.1) is 6.42 Å². The predicted octanol–water partition coefficient (Wildman–Crippen LogP) is -1.02. The number of nitrogens with zero attached hydrogens (tertiary/aromatic N) is 1. The Hall–Kier alpha value is -1.63. The summed E-state index contributed by atoms with van der Waals surface area (Å²) in [6.45, 7) is -0.288. The van der Waals surface area contributed by atoms with Crippen LogP contribution in [0.15, 0.2) is 12.3 Å². The maximum absolute atomic E-state index is 11.4. The van der Waals surface area contributed by atoms with Crippen molar-refractivity contribution in [2.24, 2.45) is 0 Å². The van der Waals surface area contributed by atoms with Crippen LogP contribution in [0.3, 0.4) is 0 Å². The number of carbonyl (C=O) groups is 1. The number of fused-ring (bicyclic) bond motifs is 1. The minimum atomic E-state index is -1.31. The Morgan fingerprint density at radius 1 is 1.46 bits per heavy atom. The molecule has 5 atom stereocenters. The fraction of sp³-hybridized carbons (Fsp3) is 0.688. The number of hydrogen-bond donors (Lipinski definition) is 3. The van der Waals surface area contributed by atoms with E-state index in [1.165, 1.54) is 17.2 Å². The van der Waals surface area contributed by atoms with Crippen LogP contribution in [0.2, 0.25) is 0 Å². The van der Waals surface area contributed by atoms with E-state index in [0.717, 1.165) is 25.7 Å². The highest BCUT2D eigenvalue weighted by Gasteiger charge is 2.69. The molecule has 0 aromatic carbocycles. The standard InChI is InChI=1S/C16H20N2O6/c1-2-16-12(23-15(24-16)6-3-4-7-15)10(9-19)22-13(16)18-8-5-11(20)17-14(18)21/h1,5,8,10,12-14,19,21H,3-4,6-7,9H2,(H,17,20). The first-order valence-corrected chi connectivity index (χ1v) is 8.10. The van der Waals surface area contributed by atoms with Gasteiger partial charge in [0.15, 0.2) is 12.0 Å². The number of aliphatic hydroxyl groups excluding tert-OH is 2. The number of hydrogen-bond acceptors (Lipinski definition) is 7. The lowest BCUT2D eigenvalue weighted by atomic mass is 9.94. The van der Waals surface area contributed by atoms with Gasteiger partial charge in [-0.05, 0) is 12.8 Å². The molecule has 0 aromatic rings. The van der Waals surface area contributed by atoms with E-state index >= 15 is 0 Å². The molecular formula is C16H20N2O6. The van der Waals surface area contributed by atoms with Crippen LogP contribution < -0.4 is 5.32 Å².